The molecule has 1 nitrogen and oxygen atoms in total. The van der Waals surface area contributed by atoms with E-state index < -0.39 is 0 Å². The molecule has 0 bridgehead atoms. The molecule has 0 N–H and O–H groups in total. The summed E-state index contributed by atoms with van der Waals surface area (Å²) in [6, 6.07) is 6.15. The fourth-order valence-corrected chi connectivity index (χ4v) is 2.73. The summed E-state index contributed by atoms with van der Waals surface area (Å²) in [6.07, 6.45) is 0. The Morgan fingerprint density at radius 1 is 1.31 bits per heavy atom. The Morgan fingerprint density at radius 2 is 1.94 bits per heavy atom. The highest BCUT2D eigenvalue weighted by atomic mass is 79.9. The van der Waals surface area contributed by atoms with Gasteiger partial charge in [0, 0.05) is 9.30 Å². The molecule has 0 aliphatic heterocycles. The van der Waals surface area contributed by atoms with E-state index in [0.29, 0.717) is 11.4 Å². The van der Waals surface area contributed by atoms with Gasteiger partial charge in [0.2, 0.25) is 0 Å². The molecule has 90 valence electrons. The predicted molar refractivity (Wildman–Crippen MR) is 76.4 cm³/mol. The zero-order chi connectivity index (χ0) is 12.3. The number of benzene rings is 1. The highest BCUT2D eigenvalue weighted by Gasteiger charge is 2.25. The second kappa shape index (κ2) is 5.54. The first kappa shape index (κ1) is 14.0. The standard InChI is InChI=1S/C13H18Br2O/c1-5-16-9-6-7-10(11(14)8-9)12(15)13(2,3)4/h6-8,12H,5H2,1-4H3. The summed E-state index contributed by atoms with van der Waals surface area (Å²) in [6.45, 7) is 9.34. The van der Waals surface area contributed by atoms with E-state index in [4.69, 9.17) is 4.74 Å². The summed E-state index contributed by atoms with van der Waals surface area (Å²) in [7, 11) is 0. The minimum atomic E-state index is 0.190. The fourth-order valence-electron chi connectivity index (χ4n) is 1.44. The van der Waals surface area contributed by atoms with Crippen molar-refractivity contribution >= 4 is 31.9 Å². The molecule has 16 heavy (non-hydrogen) atoms. The van der Waals surface area contributed by atoms with Gasteiger partial charge in [-0.3, -0.25) is 0 Å². The Hall–Kier alpha value is -0.0200. The van der Waals surface area contributed by atoms with Crippen LogP contribution >= 0.6 is 31.9 Å². The molecule has 0 saturated carbocycles. The van der Waals surface area contributed by atoms with Crippen molar-refractivity contribution in [3.8, 4) is 5.75 Å². The summed E-state index contributed by atoms with van der Waals surface area (Å²) >= 11 is 7.35. The highest BCUT2D eigenvalue weighted by molar-refractivity contribution is 9.11. The van der Waals surface area contributed by atoms with E-state index in [1.165, 1.54) is 5.56 Å². The SMILES string of the molecule is CCOc1ccc(C(Br)C(C)(C)C)c(Br)c1. The van der Waals surface area contributed by atoms with Crippen molar-refractivity contribution in [2.24, 2.45) is 5.41 Å². The minimum absolute atomic E-state index is 0.190. The highest BCUT2D eigenvalue weighted by Crippen LogP contribution is 2.43. The maximum Gasteiger partial charge on any atom is 0.120 e. The van der Waals surface area contributed by atoms with Crippen LogP contribution in [0, 0.1) is 5.41 Å². The summed E-state index contributed by atoms with van der Waals surface area (Å²) < 4.78 is 6.55. The molecule has 0 fully saturated rings. The van der Waals surface area contributed by atoms with Gasteiger partial charge in [-0.15, -0.1) is 0 Å². The lowest BCUT2D eigenvalue weighted by Gasteiger charge is -2.27. The fraction of sp³-hybridized carbons (Fsp3) is 0.538. The van der Waals surface area contributed by atoms with Gasteiger partial charge in [-0.05, 0) is 30.0 Å². The molecule has 1 atom stereocenters. The van der Waals surface area contributed by atoms with E-state index in [2.05, 4.69) is 58.7 Å². The third-order valence-electron chi connectivity index (χ3n) is 2.32. The molecule has 0 aliphatic carbocycles. The zero-order valence-corrected chi connectivity index (χ0v) is 13.4. The Bertz CT molecular complexity index is 355. The molecule has 0 amide bonds. The van der Waals surface area contributed by atoms with Crippen molar-refractivity contribution in [3.05, 3.63) is 28.2 Å². The van der Waals surface area contributed by atoms with Gasteiger partial charge in [0.1, 0.15) is 5.75 Å². The largest absolute Gasteiger partial charge is 0.494 e. The molecule has 0 aliphatic rings. The van der Waals surface area contributed by atoms with E-state index in [1.54, 1.807) is 0 Å². The summed E-state index contributed by atoms with van der Waals surface area (Å²) in [5.41, 5.74) is 1.45. The molecule has 0 saturated heterocycles. The van der Waals surface area contributed by atoms with Gasteiger partial charge in [-0.1, -0.05) is 58.7 Å². The average molecular weight is 350 g/mol. The number of rotatable bonds is 3. The molecule has 0 heterocycles. The van der Waals surface area contributed by atoms with Gasteiger partial charge in [0.05, 0.1) is 6.61 Å². The number of alkyl halides is 1. The predicted octanol–water partition coefficient (Wildman–Crippen LogP) is 5.33. The molecular formula is C13H18Br2O. The molecule has 1 unspecified atom stereocenters. The molecular weight excluding hydrogens is 332 g/mol. The van der Waals surface area contributed by atoms with Gasteiger partial charge in [0.15, 0.2) is 0 Å². The van der Waals surface area contributed by atoms with Gasteiger partial charge >= 0.3 is 0 Å². The monoisotopic (exact) mass is 348 g/mol. The van der Waals surface area contributed by atoms with E-state index >= 15 is 0 Å². The third-order valence-corrected chi connectivity index (χ3v) is 4.87. The normalized spacial score (nSPS) is 13.6. The first-order valence-corrected chi connectivity index (χ1v) is 7.13. The number of ether oxygens (including phenoxy) is 1. The minimum Gasteiger partial charge on any atom is -0.494 e. The first-order valence-electron chi connectivity index (χ1n) is 5.42. The van der Waals surface area contributed by atoms with Crippen molar-refractivity contribution < 1.29 is 4.74 Å². The van der Waals surface area contributed by atoms with Crippen LogP contribution < -0.4 is 4.74 Å². The van der Waals surface area contributed by atoms with Gasteiger partial charge in [-0.25, -0.2) is 0 Å². The molecule has 0 spiro atoms. The molecule has 0 aromatic heterocycles. The van der Waals surface area contributed by atoms with E-state index in [9.17, 15) is 0 Å². The quantitative estimate of drug-likeness (QED) is 0.670. The zero-order valence-electron chi connectivity index (χ0n) is 10.2. The van der Waals surface area contributed by atoms with Crippen molar-refractivity contribution in [2.75, 3.05) is 6.61 Å². The smallest absolute Gasteiger partial charge is 0.120 e. The van der Waals surface area contributed by atoms with Crippen LogP contribution in [0.2, 0.25) is 0 Å². The Kier molecular flexibility index (Phi) is 4.87. The topological polar surface area (TPSA) is 9.23 Å². The van der Waals surface area contributed by atoms with Crippen molar-refractivity contribution in [2.45, 2.75) is 32.5 Å². The lowest BCUT2D eigenvalue weighted by molar-refractivity contribution is 0.339. The molecule has 1 aromatic carbocycles. The average Bonchev–Trinajstić information content (AvgIpc) is 2.16. The summed E-state index contributed by atoms with van der Waals surface area (Å²) in [5, 5.41) is 0. The van der Waals surface area contributed by atoms with Crippen LogP contribution in [0.5, 0.6) is 5.75 Å². The second-order valence-corrected chi connectivity index (χ2v) is 6.61. The Labute approximate surface area is 115 Å². The Balaban J connectivity index is 2.99. The van der Waals surface area contributed by atoms with Crippen LogP contribution in [0.15, 0.2) is 22.7 Å². The van der Waals surface area contributed by atoms with E-state index in [0.717, 1.165) is 10.2 Å². The summed E-state index contributed by atoms with van der Waals surface area (Å²) in [5.74, 6) is 0.909. The number of hydrogen-bond donors (Lipinski definition) is 0. The third kappa shape index (κ3) is 3.49. The maximum absolute atomic E-state index is 5.46. The van der Waals surface area contributed by atoms with Crippen molar-refractivity contribution in [3.63, 3.8) is 0 Å². The van der Waals surface area contributed by atoms with Crippen LogP contribution in [0.25, 0.3) is 0 Å². The van der Waals surface area contributed by atoms with Crippen molar-refractivity contribution in [1.29, 1.82) is 0 Å². The molecule has 1 rings (SSSR count). The summed E-state index contributed by atoms with van der Waals surface area (Å²) in [4.78, 5) is 0.324. The van der Waals surface area contributed by atoms with Crippen LogP contribution in [-0.4, -0.2) is 6.61 Å². The van der Waals surface area contributed by atoms with Gasteiger partial charge < -0.3 is 4.74 Å². The lowest BCUT2D eigenvalue weighted by Crippen LogP contribution is -2.13. The Morgan fingerprint density at radius 3 is 2.38 bits per heavy atom. The molecule has 3 heteroatoms. The van der Waals surface area contributed by atoms with Gasteiger partial charge in [0.25, 0.3) is 0 Å². The van der Waals surface area contributed by atoms with E-state index in [-0.39, 0.29) is 5.41 Å². The number of hydrogen-bond acceptors (Lipinski definition) is 1. The number of halogens is 2. The van der Waals surface area contributed by atoms with Crippen LogP contribution in [0.3, 0.4) is 0 Å². The van der Waals surface area contributed by atoms with Crippen LogP contribution in [0.4, 0.5) is 0 Å². The second-order valence-electron chi connectivity index (χ2n) is 4.84. The molecule has 1 aromatic rings. The van der Waals surface area contributed by atoms with Gasteiger partial charge in [-0.2, -0.15) is 0 Å². The van der Waals surface area contributed by atoms with Crippen LogP contribution in [-0.2, 0) is 0 Å². The van der Waals surface area contributed by atoms with Crippen molar-refractivity contribution in [1.82, 2.24) is 0 Å². The first-order chi connectivity index (χ1) is 7.36. The van der Waals surface area contributed by atoms with Crippen LogP contribution in [0.1, 0.15) is 38.1 Å². The molecule has 0 radical (unpaired) electrons. The lowest BCUT2D eigenvalue weighted by atomic mass is 9.88. The van der Waals surface area contributed by atoms with E-state index in [1.807, 2.05) is 19.1 Å². The maximum atomic E-state index is 5.46.